The molecular weight excluding hydrogens is 373 g/mol. The summed E-state index contributed by atoms with van der Waals surface area (Å²) in [6.45, 7) is 7.05. The second-order valence-electron chi connectivity index (χ2n) is 7.59. The van der Waals surface area contributed by atoms with Crippen molar-refractivity contribution >= 4 is 11.7 Å². The van der Waals surface area contributed by atoms with Crippen molar-refractivity contribution in [3.05, 3.63) is 42.0 Å². The first kappa shape index (κ1) is 19.7. The largest absolute Gasteiger partial charge is 0.394 e. The van der Waals surface area contributed by atoms with Crippen LogP contribution in [0.2, 0.25) is 0 Å². The number of hydrogen-bond donors (Lipinski definition) is 1. The van der Waals surface area contributed by atoms with E-state index in [1.165, 1.54) is 19.5 Å². The molecule has 0 unspecified atom stereocenters. The monoisotopic (exact) mass is 399 g/mol. The van der Waals surface area contributed by atoms with Gasteiger partial charge in [-0.3, -0.25) is 4.90 Å². The van der Waals surface area contributed by atoms with E-state index in [9.17, 15) is 9.50 Å². The van der Waals surface area contributed by atoms with Crippen LogP contribution in [0.1, 0.15) is 18.9 Å². The van der Waals surface area contributed by atoms with Gasteiger partial charge in [-0.15, -0.1) is 0 Å². The van der Waals surface area contributed by atoms with Gasteiger partial charge in [0.2, 0.25) is 5.95 Å². The first-order chi connectivity index (χ1) is 14.2. The number of aromatic nitrogens is 2. The number of likely N-dealkylation sites (tertiary alicyclic amines) is 1. The fourth-order valence-corrected chi connectivity index (χ4v) is 3.57. The Morgan fingerprint density at radius 3 is 2.69 bits per heavy atom. The van der Waals surface area contributed by atoms with Crippen LogP contribution in [0.4, 0.5) is 10.3 Å². The first-order valence-corrected chi connectivity index (χ1v) is 10.0. The molecule has 0 aliphatic carbocycles. The number of oxime groups is 1. The molecule has 2 aliphatic rings. The summed E-state index contributed by atoms with van der Waals surface area (Å²) in [5, 5.41) is 13.4. The number of benzene rings is 1. The summed E-state index contributed by atoms with van der Waals surface area (Å²) in [5.74, 6) is 0.992. The van der Waals surface area contributed by atoms with Gasteiger partial charge in [-0.05, 0) is 5.92 Å². The Labute approximate surface area is 169 Å². The van der Waals surface area contributed by atoms with E-state index in [1.807, 2.05) is 4.90 Å². The Bertz CT molecular complexity index is 860. The van der Waals surface area contributed by atoms with E-state index in [1.54, 1.807) is 30.6 Å². The summed E-state index contributed by atoms with van der Waals surface area (Å²) in [6, 6.07) is 4.92. The number of nitrogens with zero attached hydrogens (tertiary/aromatic N) is 5. The summed E-state index contributed by atoms with van der Waals surface area (Å²) in [6.07, 6.45) is 4.46. The summed E-state index contributed by atoms with van der Waals surface area (Å²) in [4.78, 5) is 18.5. The number of aliphatic hydroxyl groups is 1. The minimum Gasteiger partial charge on any atom is -0.394 e. The van der Waals surface area contributed by atoms with Crippen LogP contribution in [0.15, 0.2) is 35.7 Å². The first-order valence-electron chi connectivity index (χ1n) is 10.0. The highest BCUT2D eigenvalue weighted by atomic mass is 19.1. The van der Waals surface area contributed by atoms with Gasteiger partial charge in [0.1, 0.15) is 12.4 Å². The average molecular weight is 399 g/mol. The van der Waals surface area contributed by atoms with Gasteiger partial charge in [-0.2, -0.15) is 0 Å². The third-order valence-electron chi connectivity index (χ3n) is 5.53. The maximum absolute atomic E-state index is 14.3. The van der Waals surface area contributed by atoms with Gasteiger partial charge in [0, 0.05) is 48.7 Å². The Hall–Kier alpha value is -2.58. The molecule has 2 aromatic rings. The molecule has 1 aromatic carbocycles. The van der Waals surface area contributed by atoms with E-state index in [0.29, 0.717) is 36.8 Å². The van der Waals surface area contributed by atoms with Crippen LogP contribution in [0.25, 0.3) is 11.1 Å². The van der Waals surface area contributed by atoms with E-state index >= 15 is 0 Å². The molecule has 1 aromatic heterocycles. The Morgan fingerprint density at radius 2 is 2.00 bits per heavy atom. The summed E-state index contributed by atoms with van der Waals surface area (Å²) < 4.78 is 14.3. The average Bonchev–Trinajstić information content (AvgIpc) is 2.68. The van der Waals surface area contributed by atoms with Gasteiger partial charge in [0.05, 0.1) is 25.4 Å². The lowest BCUT2D eigenvalue weighted by molar-refractivity contribution is 0.0488. The standard InChI is InChI=1S/C21H26FN5O2/c1-2-15-10-26(11-15)6-7-29-25-18-12-27(13-18)21-23-8-17(9-24-21)19-5-3-4-16(14-28)20(19)22/h3-5,8-9,15,28H,2,6-7,10-14H2,1H3. The second kappa shape index (κ2) is 8.84. The van der Waals surface area contributed by atoms with E-state index in [-0.39, 0.29) is 12.2 Å². The molecular formula is C21H26FN5O2. The number of anilines is 1. The quantitative estimate of drug-likeness (QED) is 0.542. The van der Waals surface area contributed by atoms with Gasteiger partial charge < -0.3 is 14.8 Å². The lowest BCUT2D eigenvalue weighted by Gasteiger charge is -2.38. The molecule has 8 heteroatoms. The van der Waals surface area contributed by atoms with Gasteiger partial charge in [-0.1, -0.05) is 36.7 Å². The Kier molecular flexibility index (Phi) is 6.01. The predicted octanol–water partition coefficient (Wildman–Crippen LogP) is 2.31. The highest BCUT2D eigenvalue weighted by Crippen LogP contribution is 2.25. The SMILES string of the molecule is CCC1CN(CCON=C2CN(c3ncc(-c4cccc(CO)c4F)cn3)C2)C1. The number of hydrogen-bond acceptors (Lipinski definition) is 7. The van der Waals surface area contributed by atoms with Crippen LogP contribution in [0.3, 0.4) is 0 Å². The zero-order chi connectivity index (χ0) is 20.2. The normalized spacial score (nSPS) is 17.1. The molecule has 154 valence electrons. The van der Waals surface area contributed by atoms with Crippen LogP contribution >= 0.6 is 0 Å². The minimum atomic E-state index is -0.440. The smallest absolute Gasteiger partial charge is 0.225 e. The van der Waals surface area contributed by atoms with E-state index in [0.717, 1.165) is 18.2 Å². The molecule has 7 nitrogen and oxygen atoms in total. The lowest BCUT2D eigenvalue weighted by atomic mass is 9.98. The van der Waals surface area contributed by atoms with Crippen molar-refractivity contribution in [1.29, 1.82) is 0 Å². The molecule has 0 amide bonds. The molecule has 1 N–H and O–H groups in total. The molecule has 0 spiro atoms. The molecule has 2 saturated heterocycles. The highest BCUT2D eigenvalue weighted by molar-refractivity contribution is 5.98. The predicted molar refractivity (Wildman–Crippen MR) is 109 cm³/mol. The van der Waals surface area contributed by atoms with Gasteiger partial charge in [-0.25, -0.2) is 14.4 Å². The van der Waals surface area contributed by atoms with E-state index in [4.69, 9.17) is 4.84 Å². The minimum absolute atomic E-state index is 0.259. The van der Waals surface area contributed by atoms with Crippen molar-refractivity contribution in [2.24, 2.45) is 11.1 Å². The Morgan fingerprint density at radius 1 is 1.24 bits per heavy atom. The van der Waals surface area contributed by atoms with Crippen molar-refractivity contribution in [3.63, 3.8) is 0 Å². The van der Waals surface area contributed by atoms with Crippen LogP contribution < -0.4 is 4.90 Å². The third kappa shape index (κ3) is 4.38. The number of halogens is 1. The zero-order valence-corrected chi connectivity index (χ0v) is 16.6. The molecule has 0 bridgehead atoms. The molecule has 3 heterocycles. The molecule has 2 fully saturated rings. The van der Waals surface area contributed by atoms with Crippen molar-refractivity contribution in [3.8, 4) is 11.1 Å². The maximum Gasteiger partial charge on any atom is 0.225 e. The molecule has 0 radical (unpaired) electrons. The maximum atomic E-state index is 14.3. The highest BCUT2D eigenvalue weighted by Gasteiger charge is 2.26. The van der Waals surface area contributed by atoms with Gasteiger partial charge in [0.25, 0.3) is 0 Å². The fourth-order valence-electron chi connectivity index (χ4n) is 3.57. The lowest BCUT2D eigenvalue weighted by Crippen LogP contribution is -2.49. The van der Waals surface area contributed by atoms with E-state index in [2.05, 4.69) is 26.9 Å². The summed E-state index contributed by atoms with van der Waals surface area (Å²) in [7, 11) is 0. The molecule has 0 atom stereocenters. The van der Waals surface area contributed by atoms with Crippen molar-refractivity contribution in [2.45, 2.75) is 20.0 Å². The zero-order valence-electron chi connectivity index (χ0n) is 16.6. The summed E-state index contributed by atoms with van der Waals surface area (Å²) >= 11 is 0. The van der Waals surface area contributed by atoms with Crippen LogP contribution in [0.5, 0.6) is 0 Å². The molecule has 2 aliphatic heterocycles. The topological polar surface area (TPSA) is 74.1 Å². The van der Waals surface area contributed by atoms with E-state index < -0.39 is 5.82 Å². The van der Waals surface area contributed by atoms with Gasteiger partial charge >= 0.3 is 0 Å². The van der Waals surface area contributed by atoms with Gasteiger partial charge in [0.15, 0.2) is 0 Å². The van der Waals surface area contributed by atoms with Crippen molar-refractivity contribution in [1.82, 2.24) is 14.9 Å². The van der Waals surface area contributed by atoms with Crippen LogP contribution in [-0.2, 0) is 11.4 Å². The molecule has 29 heavy (non-hydrogen) atoms. The fraction of sp³-hybridized carbons (Fsp3) is 0.476. The van der Waals surface area contributed by atoms with Crippen LogP contribution in [0, 0.1) is 11.7 Å². The third-order valence-corrected chi connectivity index (χ3v) is 5.53. The number of rotatable bonds is 8. The molecule has 4 rings (SSSR count). The van der Waals surface area contributed by atoms with Crippen molar-refractivity contribution < 1.29 is 14.3 Å². The summed E-state index contributed by atoms with van der Waals surface area (Å²) in [5.41, 5.74) is 2.19. The van der Waals surface area contributed by atoms with Crippen molar-refractivity contribution in [2.75, 3.05) is 44.2 Å². The second-order valence-corrected chi connectivity index (χ2v) is 7.59. The number of aliphatic hydroxyl groups excluding tert-OH is 1. The molecule has 0 saturated carbocycles. The Balaban J connectivity index is 1.25. The van der Waals surface area contributed by atoms with Crippen LogP contribution in [-0.4, -0.2) is 65.0 Å².